The Morgan fingerprint density at radius 3 is 2.08 bits per heavy atom. The second-order valence-corrected chi connectivity index (χ2v) is 6.12. The van der Waals surface area contributed by atoms with E-state index in [9.17, 15) is 0 Å². The molecule has 78 valence electrons. The lowest BCUT2D eigenvalue weighted by atomic mass is 9.64. The first-order valence-electron chi connectivity index (χ1n) is 5.97. The first-order chi connectivity index (χ1) is 5.97. The molecule has 0 amide bonds. The Balaban J connectivity index is 2.18. The molecule has 0 aromatic carbocycles. The molecule has 0 unspecified atom stereocenters. The monoisotopic (exact) mass is 182 g/mol. The van der Waals surface area contributed by atoms with Gasteiger partial charge in [-0.2, -0.15) is 0 Å². The predicted molar refractivity (Wildman–Crippen MR) is 59.9 cm³/mol. The van der Waals surface area contributed by atoms with E-state index in [1.165, 1.54) is 44.9 Å². The van der Waals surface area contributed by atoms with Crippen molar-refractivity contribution in [1.82, 2.24) is 0 Å². The van der Waals surface area contributed by atoms with Gasteiger partial charge in [-0.25, -0.2) is 0 Å². The molecule has 0 aliphatic heterocycles. The van der Waals surface area contributed by atoms with Crippen molar-refractivity contribution in [2.75, 3.05) is 0 Å². The van der Waals surface area contributed by atoms with E-state index in [1.54, 1.807) is 0 Å². The summed E-state index contributed by atoms with van der Waals surface area (Å²) in [5, 5.41) is 0. The van der Waals surface area contributed by atoms with Gasteiger partial charge in [0.05, 0.1) is 0 Å². The molecule has 1 fully saturated rings. The molecule has 0 bridgehead atoms. The Hall–Kier alpha value is 0. The lowest BCUT2D eigenvalue weighted by Gasteiger charge is -2.42. The van der Waals surface area contributed by atoms with Crippen molar-refractivity contribution in [3.8, 4) is 0 Å². The maximum Gasteiger partial charge on any atom is -0.0300 e. The molecule has 0 aromatic rings. The van der Waals surface area contributed by atoms with Gasteiger partial charge in [0.2, 0.25) is 0 Å². The highest BCUT2D eigenvalue weighted by Gasteiger charge is 2.34. The summed E-state index contributed by atoms with van der Waals surface area (Å²) in [6.45, 7) is 9.43. The zero-order valence-corrected chi connectivity index (χ0v) is 9.95. The predicted octanol–water partition coefficient (Wildman–Crippen LogP) is 4.78. The molecule has 0 atom stereocenters. The van der Waals surface area contributed by atoms with Crippen LogP contribution in [0.2, 0.25) is 0 Å². The summed E-state index contributed by atoms with van der Waals surface area (Å²) < 4.78 is 0. The number of hydrogen-bond acceptors (Lipinski definition) is 0. The summed E-state index contributed by atoms with van der Waals surface area (Å²) in [5.41, 5.74) is 1.32. The fraction of sp³-hybridized carbons (Fsp3) is 1.00. The van der Waals surface area contributed by atoms with Gasteiger partial charge >= 0.3 is 0 Å². The Morgan fingerprint density at radius 2 is 1.77 bits per heavy atom. The van der Waals surface area contributed by atoms with Crippen molar-refractivity contribution in [1.29, 1.82) is 0 Å². The van der Waals surface area contributed by atoms with Crippen LogP contribution in [0.5, 0.6) is 0 Å². The van der Waals surface area contributed by atoms with Crippen LogP contribution < -0.4 is 0 Å². The average Bonchev–Trinajstić information content (AvgIpc) is 1.92. The van der Waals surface area contributed by atoms with Crippen molar-refractivity contribution in [2.45, 2.75) is 72.6 Å². The largest absolute Gasteiger partial charge is 0.0649 e. The Morgan fingerprint density at radius 1 is 1.15 bits per heavy atom. The zero-order valence-electron chi connectivity index (χ0n) is 9.95. The molecule has 1 aliphatic rings. The molecule has 0 heterocycles. The highest BCUT2D eigenvalue weighted by atomic mass is 14.4. The third kappa shape index (κ3) is 3.32. The molecule has 1 aliphatic carbocycles. The van der Waals surface area contributed by atoms with Gasteiger partial charge in [-0.05, 0) is 36.5 Å². The van der Waals surface area contributed by atoms with Crippen LogP contribution >= 0.6 is 0 Å². The van der Waals surface area contributed by atoms with Crippen LogP contribution in [0.1, 0.15) is 72.6 Å². The maximum atomic E-state index is 2.37. The van der Waals surface area contributed by atoms with Gasteiger partial charge in [0.15, 0.2) is 0 Å². The molecular weight excluding hydrogens is 156 g/mol. The highest BCUT2D eigenvalue weighted by Crippen LogP contribution is 2.48. The van der Waals surface area contributed by atoms with Crippen LogP contribution in [0.15, 0.2) is 0 Å². The summed E-state index contributed by atoms with van der Waals surface area (Å²) in [7, 11) is 0. The fourth-order valence-electron chi connectivity index (χ4n) is 2.45. The van der Waals surface area contributed by atoms with Crippen LogP contribution in [-0.2, 0) is 0 Å². The topological polar surface area (TPSA) is 0 Å². The molecule has 0 aromatic heterocycles. The van der Waals surface area contributed by atoms with Gasteiger partial charge in [0.1, 0.15) is 0 Å². The Bertz CT molecular complexity index is 140. The van der Waals surface area contributed by atoms with E-state index in [2.05, 4.69) is 27.7 Å². The average molecular weight is 182 g/mol. The Labute approximate surface area is 84.1 Å². The smallest absolute Gasteiger partial charge is 0.0300 e. The molecule has 0 saturated heterocycles. The molecule has 0 nitrogen and oxygen atoms in total. The van der Waals surface area contributed by atoms with Crippen LogP contribution in [-0.4, -0.2) is 0 Å². The van der Waals surface area contributed by atoms with Crippen LogP contribution in [0.4, 0.5) is 0 Å². The van der Waals surface area contributed by atoms with Crippen molar-refractivity contribution >= 4 is 0 Å². The van der Waals surface area contributed by atoms with Gasteiger partial charge < -0.3 is 0 Å². The van der Waals surface area contributed by atoms with E-state index >= 15 is 0 Å². The lowest BCUT2D eigenvalue weighted by Crippen LogP contribution is -2.28. The van der Waals surface area contributed by atoms with Gasteiger partial charge in [0, 0.05) is 0 Å². The zero-order chi connectivity index (χ0) is 9.95. The fourth-order valence-corrected chi connectivity index (χ4v) is 2.45. The van der Waals surface area contributed by atoms with E-state index in [4.69, 9.17) is 0 Å². The van der Waals surface area contributed by atoms with Crippen LogP contribution in [0, 0.1) is 10.8 Å². The highest BCUT2D eigenvalue weighted by molar-refractivity contribution is 4.86. The summed E-state index contributed by atoms with van der Waals surface area (Å²) in [4.78, 5) is 0. The molecule has 1 rings (SSSR count). The van der Waals surface area contributed by atoms with Gasteiger partial charge in [-0.15, -0.1) is 0 Å². The van der Waals surface area contributed by atoms with E-state index in [0.717, 1.165) is 5.41 Å². The SMILES string of the molecule is CCC1(CCCC(C)(C)C)CCC1. The quantitative estimate of drug-likeness (QED) is 0.587. The summed E-state index contributed by atoms with van der Waals surface area (Å²) >= 11 is 0. The molecule has 0 N–H and O–H groups in total. The second-order valence-electron chi connectivity index (χ2n) is 6.12. The first kappa shape index (κ1) is 11.1. The molecule has 13 heavy (non-hydrogen) atoms. The molecule has 0 spiro atoms. The van der Waals surface area contributed by atoms with Crippen molar-refractivity contribution in [3.63, 3.8) is 0 Å². The third-order valence-electron chi connectivity index (χ3n) is 3.80. The standard InChI is InChI=1S/C13H26/c1-5-13(10-7-11-13)9-6-8-12(2,3)4/h5-11H2,1-4H3. The molecule has 0 heteroatoms. The van der Waals surface area contributed by atoms with E-state index in [-0.39, 0.29) is 0 Å². The number of rotatable bonds is 4. The van der Waals surface area contributed by atoms with Crippen LogP contribution in [0.3, 0.4) is 0 Å². The second kappa shape index (κ2) is 4.02. The molecular formula is C13H26. The minimum atomic E-state index is 0.540. The summed E-state index contributed by atoms with van der Waals surface area (Å²) in [6, 6.07) is 0. The maximum absolute atomic E-state index is 2.37. The van der Waals surface area contributed by atoms with Crippen molar-refractivity contribution < 1.29 is 0 Å². The normalized spacial score (nSPS) is 21.2. The van der Waals surface area contributed by atoms with Crippen molar-refractivity contribution in [2.24, 2.45) is 10.8 Å². The number of hydrogen-bond donors (Lipinski definition) is 0. The molecule has 0 radical (unpaired) electrons. The summed E-state index contributed by atoms with van der Waals surface area (Å²) in [6.07, 6.45) is 10.2. The van der Waals surface area contributed by atoms with Crippen molar-refractivity contribution in [3.05, 3.63) is 0 Å². The first-order valence-corrected chi connectivity index (χ1v) is 5.97. The third-order valence-corrected chi connectivity index (χ3v) is 3.80. The van der Waals surface area contributed by atoms with Gasteiger partial charge in [0.25, 0.3) is 0 Å². The minimum absolute atomic E-state index is 0.540. The molecule has 1 saturated carbocycles. The van der Waals surface area contributed by atoms with E-state index < -0.39 is 0 Å². The van der Waals surface area contributed by atoms with Gasteiger partial charge in [-0.1, -0.05) is 47.0 Å². The van der Waals surface area contributed by atoms with E-state index in [0.29, 0.717) is 5.41 Å². The Kier molecular flexibility index (Phi) is 3.43. The van der Waals surface area contributed by atoms with Gasteiger partial charge in [-0.3, -0.25) is 0 Å². The lowest BCUT2D eigenvalue weighted by molar-refractivity contribution is 0.104. The minimum Gasteiger partial charge on any atom is -0.0649 e. The van der Waals surface area contributed by atoms with E-state index in [1.807, 2.05) is 0 Å². The van der Waals surface area contributed by atoms with Crippen LogP contribution in [0.25, 0.3) is 0 Å². The summed E-state index contributed by atoms with van der Waals surface area (Å²) in [5.74, 6) is 0.